The Morgan fingerprint density at radius 3 is 2.62 bits per heavy atom. The molecule has 3 nitrogen and oxygen atoms in total. The van der Waals surface area contributed by atoms with Crippen molar-refractivity contribution in [2.75, 3.05) is 0 Å². The lowest BCUT2D eigenvalue weighted by molar-refractivity contribution is 0.282. The van der Waals surface area contributed by atoms with E-state index in [0.29, 0.717) is 12.3 Å². The van der Waals surface area contributed by atoms with Crippen LogP contribution in [0.4, 0.5) is 0 Å². The van der Waals surface area contributed by atoms with Gasteiger partial charge in [0.2, 0.25) is 0 Å². The molecule has 2 aliphatic carbocycles. The van der Waals surface area contributed by atoms with Gasteiger partial charge in [0.05, 0.1) is 11.3 Å². The first-order chi connectivity index (χ1) is 15.6. The van der Waals surface area contributed by atoms with Gasteiger partial charge in [-0.2, -0.15) is 0 Å². The number of aromatic nitrogens is 2. The van der Waals surface area contributed by atoms with Crippen molar-refractivity contribution in [1.82, 2.24) is 9.55 Å². The van der Waals surface area contributed by atoms with Gasteiger partial charge < -0.3 is 0 Å². The zero-order chi connectivity index (χ0) is 22.1. The summed E-state index contributed by atoms with van der Waals surface area (Å²) in [5.41, 5.74) is 5.30. The summed E-state index contributed by atoms with van der Waals surface area (Å²) >= 11 is 7.95. The van der Waals surface area contributed by atoms with Crippen LogP contribution in [0.2, 0.25) is 5.02 Å². The number of fused-ring (bicyclic) bond motifs is 4. The molecule has 0 unspecified atom stereocenters. The molecule has 164 valence electrons. The number of rotatable bonds is 5. The number of hydrogen-bond donors (Lipinski definition) is 0. The molecule has 0 bridgehead atoms. The van der Waals surface area contributed by atoms with Crippen molar-refractivity contribution in [1.29, 1.82) is 0 Å². The van der Waals surface area contributed by atoms with Crippen LogP contribution in [0.5, 0.6) is 0 Å². The van der Waals surface area contributed by atoms with Crippen molar-refractivity contribution in [3.8, 4) is 11.3 Å². The monoisotopic (exact) mass is 462 g/mol. The Morgan fingerprint density at radius 2 is 1.84 bits per heavy atom. The average molecular weight is 463 g/mol. The van der Waals surface area contributed by atoms with Gasteiger partial charge in [-0.15, -0.1) is 6.58 Å². The predicted molar refractivity (Wildman–Crippen MR) is 134 cm³/mol. The maximum Gasteiger partial charge on any atom is 0.258 e. The maximum atomic E-state index is 14.0. The van der Waals surface area contributed by atoms with E-state index in [0.717, 1.165) is 51.8 Å². The molecule has 3 aromatic rings. The Bertz CT molecular complexity index is 1230. The Morgan fingerprint density at radius 1 is 1.09 bits per heavy atom. The fraction of sp³-hybridized carbons (Fsp3) is 0.333. The van der Waals surface area contributed by atoms with E-state index in [4.69, 9.17) is 16.6 Å². The minimum Gasteiger partial charge on any atom is -0.283 e. The number of hydrogen-bond acceptors (Lipinski definition) is 3. The predicted octanol–water partition coefficient (Wildman–Crippen LogP) is 6.80. The SMILES string of the molecule is C=CCn1c(SCc2ccccc2Cl)nc2c(c1=O)C1(CCCCC1)Cc1ccccc1-2. The molecule has 1 aromatic heterocycles. The summed E-state index contributed by atoms with van der Waals surface area (Å²) in [7, 11) is 0. The molecule has 5 heteroatoms. The van der Waals surface area contributed by atoms with Crippen LogP contribution in [0.3, 0.4) is 0 Å². The highest BCUT2D eigenvalue weighted by Gasteiger charge is 2.43. The third kappa shape index (κ3) is 3.74. The number of benzene rings is 2. The number of nitrogens with zero attached hydrogens (tertiary/aromatic N) is 2. The van der Waals surface area contributed by atoms with E-state index < -0.39 is 0 Å². The van der Waals surface area contributed by atoms with E-state index in [1.54, 1.807) is 17.8 Å². The van der Waals surface area contributed by atoms with Crippen molar-refractivity contribution >= 4 is 23.4 Å². The van der Waals surface area contributed by atoms with Gasteiger partial charge in [-0.1, -0.05) is 91.2 Å². The van der Waals surface area contributed by atoms with E-state index >= 15 is 0 Å². The van der Waals surface area contributed by atoms with Crippen molar-refractivity contribution in [2.45, 2.75) is 61.4 Å². The van der Waals surface area contributed by atoms with Crippen molar-refractivity contribution in [3.05, 3.63) is 93.3 Å². The van der Waals surface area contributed by atoms with E-state index in [1.807, 2.05) is 28.8 Å². The largest absolute Gasteiger partial charge is 0.283 e. The second kappa shape index (κ2) is 8.92. The van der Waals surface area contributed by atoms with Gasteiger partial charge in [-0.25, -0.2) is 4.98 Å². The highest BCUT2D eigenvalue weighted by molar-refractivity contribution is 7.98. The lowest BCUT2D eigenvalue weighted by Crippen LogP contribution is -2.43. The minimum absolute atomic E-state index is 0.0964. The van der Waals surface area contributed by atoms with Gasteiger partial charge in [-0.05, 0) is 36.5 Å². The Kier molecular flexibility index (Phi) is 6.00. The van der Waals surface area contributed by atoms with Crippen molar-refractivity contribution in [3.63, 3.8) is 0 Å². The third-order valence-electron chi connectivity index (χ3n) is 6.90. The zero-order valence-corrected chi connectivity index (χ0v) is 19.7. The average Bonchev–Trinajstić information content (AvgIpc) is 2.81. The Labute approximate surface area is 198 Å². The minimum atomic E-state index is -0.0964. The van der Waals surface area contributed by atoms with Crippen LogP contribution in [-0.2, 0) is 24.1 Å². The van der Waals surface area contributed by atoms with Gasteiger partial charge in [0, 0.05) is 28.3 Å². The number of halogens is 1. The second-order valence-corrected chi connectivity index (χ2v) is 10.2. The maximum absolute atomic E-state index is 14.0. The molecule has 2 aliphatic rings. The lowest BCUT2D eigenvalue weighted by atomic mass is 9.62. The molecule has 0 amide bonds. The molecule has 5 rings (SSSR count). The lowest BCUT2D eigenvalue weighted by Gasteiger charge is -2.42. The highest BCUT2D eigenvalue weighted by atomic mass is 35.5. The van der Waals surface area contributed by atoms with E-state index in [2.05, 4.69) is 30.8 Å². The van der Waals surface area contributed by atoms with Crippen LogP contribution >= 0.6 is 23.4 Å². The summed E-state index contributed by atoms with van der Waals surface area (Å²) in [5.74, 6) is 0.662. The second-order valence-electron chi connectivity index (χ2n) is 8.88. The van der Waals surface area contributed by atoms with Crippen LogP contribution in [0.25, 0.3) is 11.3 Å². The van der Waals surface area contributed by atoms with Crippen LogP contribution in [-0.4, -0.2) is 9.55 Å². The summed E-state index contributed by atoms with van der Waals surface area (Å²) in [6.07, 6.45) is 8.44. The smallest absolute Gasteiger partial charge is 0.258 e. The molecule has 0 N–H and O–H groups in total. The summed E-state index contributed by atoms with van der Waals surface area (Å²) in [5, 5.41) is 1.47. The van der Waals surface area contributed by atoms with E-state index in [9.17, 15) is 4.79 Å². The normalized spacial score (nSPS) is 16.4. The molecule has 0 atom stereocenters. The molecule has 1 heterocycles. The van der Waals surface area contributed by atoms with Crippen LogP contribution < -0.4 is 5.56 Å². The zero-order valence-electron chi connectivity index (χ0n) is 18.1. The molecule has 0 saturated heterocycles. The van der Waals surface area contributed by atoms with Gasteiger partial charge in [0.1, 0.15) is 0 Å². The fourth-order valence-corrected chi connectivity index (χ4v) is 6.67. The first kappa shape index (κ1) is 21.5. The van der Waals surface area contributed by atoms with Crippen molar-refractivity contribution in [2.24, 2.45) is 0 Å². The molecule has 1 fully saturated rings. The number of thioether (sulfide) groups is 1. The van der Waals surface area contributed by atoms with Gasteiger partial charge in [0.25, 0.3) is 5.56 Å². The molecule has 1 spiro atoms. The molecule has 0 radical (unpaired) electrons. The van der Waals surface area contributed by atoms with Crippen LogP contribution in [0.1, 0.15) is 48.8 Å². The fourth-order valence-electron chi connectivity index (χ4n) is 5.38. The summed E-state index contributed by atoms with van der Waals surface area (Å²) in [4.78, 5) is 19.2. The molecule has 1 saturated carbocycles. The van der Waals surface area contributed by atoms with Crippen LogP contribution in [0, 0.1) is 0 Å². The summed E-state index contributed by atoms with van der Waals surface area (Å²) in [6.45, 7) is 4.36. The van der Waals surface area contributed by atoms with Gasteiger partial charge in [-0.3, -0.25) is 9.36 Å². The first-order valence-electron chi connectivity index (χ1n) is 11.3. The number of allylic oxidation sites excluding steroid dienone is 1. The van der Waals surface area contributed by atoms with E-state index in [1.165, 1.54) is 24.8 Å². The summed E-state index contributed by atoms with van der Waals surface area (Å²) < 4.78 is 1.82. The Hall–Kier alpha value is -2.30. The standard InChI is InChI=1S/C27H27ClN2OS/c1-2-16-30-25(31)23-24(29-26(30)32-18-20-11-5-7-13-22(20)28)21-12-6-4-10-19(21)17-27(23)14-8-3-9-15-27/h2,4-7,10-13H,1,3,8-9,14-18H2. The van der Waals surface area contributed by atoms with Gasteiger partial charge in [0.15, 0.2) is 5.16 Å². The molecule has 2 aromatic carbocycles. The summed E-state index contributed by atoms with van der Waals surface area (Å²) in [6, 6.07) is 16.3. The van der Waals surface area contributed by atoms with Crippen LogP contribution in [0.15, 0.2) is 71.1 Å². The quantitative estimate of drug-likeness (QED) is 0.237. The topological polar surface area (TPSA) is 34.9 Å². The third-order valence-corrected chi connectivity index (χ3v) is 8.30. The molecule has 0 aliphatic heterocycles. The van der Waals surface area contributed by atoms with Crippen molar-refractivity contribution < 1.29 is 0 Å². The van der Waals surface area contributed by atoms with Gasteiger partial charge >= 0.3 is 0 Å². The molecular weight excluding hydrogens is 436 g/mol. The molecular formula is C27H27ClN2OS. The first-order valence-corrected chi connectivity index (χ1v) is 12.7. The van der Waals surface area contributed by atoms with E-state index in [-0.39, 0.29) is 11.0 Å². The Balaban J connectivity index is 1.67. The molecule has 32 heavy (non-hydrogen) atoms. The highest BCUT2D eigenvalue weighted by Crippen LogP contribution is 2.48.